The highest BCUT2D eigenvalue weighted by molar-refractivity contribution is 5.93. The van der Waals surface area contributed by atoms with Gasteiger partial charge in [-0.3, -0.25) is 4.79 Å². The third-order valence-corrected chi connectivity index (χ3v) is 2.01. The molecule has 1 N–H and O–H groups in total. The monoisotopic (exact) mass is 254 g/mol. The van der Waals surface area contributed by atoms with E-state index in [4.69, 9.17) is 10.00 Å². The van der Waals surface area contributed by atoms with Gasteiger partial charge in [-0.25, -0.2) is 8.78 Å². The smallest absolute Gasteiger partial charge is 0.272 e. The number of carbonyl (C=O) groups is 1. The SMILES string of the molecule is Cc1ccc(OCC(F)F)c(NC(=O)CC#N)c1. The first-order chi connectivity index (χ1) is 8.52. The zero-order valence-corrected chi connectivity index (χ0v) is 9.74. The van der Waals surface area contributed by atoms with E-state index < -0.39 is 18.9 Å². The van der Waals surface area contributed by atoms with Crippen molar-refractivity contribution in [1.29, 1.82) is 5.26 Å². The van der Waals surface area contributed by atoms with E-state index in [1.165, 1.54) is 6.07 Å². The number of rotatable bonds is 5. The van der Waals surface area contributed by atoms with Crippen LogP contribution in [0.1, 0.15) is 12.0 Å². The number of nitrogens with zero attached hydrogens (tertiary/aromatic N) is 1. The van der Waals surface area contributed by atoms with Gasteiger partial charge in [0.05, 0.1) is 11.8 Å². The number of alkyl halides is 2. The standard InChI is InChI=1S/C12H12F2N2O2/c1-8-2-3-10(18-7-11(13)14)9(6-8)16-12(17)4-5-15/h2-3,6,11H,4,7H2,1H3,(H,16,17). The summed E-state index contributed by atoms with van der Waals surface area (Å²) in [6.07, 6.45) is -2.89. The van der Waals surface area contributed by atoms with Crippen molar-refractivity contribution >= 4 is 11.6 Å². The fourth-order valence-electron chi connectivity index (χ4n) is 1.29. The lowest BCUT2D eigenvalue weighted by atomic mass is 10.2. The molecule has 0 radical (unpaired) electrons. The second-order valence-electron chi connectivity index (χ2n) is 3.58. The predicted octanol–water partition coefficient (Wildman–Crippen LogP) is 2.49. The maximum absolute atomic E-state index is 12.1. The van der Waals surface area contributed by atoms with Gasteiger partial charge in [-0.05, 0) is 24.6 Å². The lowest BCUT2D eigenvalue weighted by molar-refractivity contribution is -0.115. The maximum Gasteiger partial charge on any atom is 0.272 e. The lowest BCUT2D eigenvalue weighted by Gasteiger charge is -2.12. The molecular weight excluding hydrogens is 242 g/mol. The van der Waals surface area contributed by atoms with Crippen LogP contribution in [0.4, 0.5) is 14.5 Å². The van der Waals surface area contributed by atoms with Crippen LogP contribution >= 0.6 is 0 Å². The average molecular weight is 254 g/mol. The lowest BCUT2D eigenvalue weighted by Crippen LogP contribution is -2.13. The number of anilines is 1. The molecule has 96 valence electrons. The quantitative estimate of drug-likeness (QED) is 0.878. The summed E-state index contributed by atoms with van der Waals surface area (Å²) in [5.41, 5.74) is 1.13. The van der Waals surface area contributed by atoms with E-state index in [2.05, 4.69) is 5.32 Å². The van der Waals surface area contributed by atoms with Crippen molar-refractivity contribution in [3.05, 3.63) is 23.8 Å². The molecule has 18 heavy (non-hydrogen) atoms. The second-order valence-corrected chi connectivity index (χ2v) is 3.58. The molecule has 0 aliphatic heterocycles. The van der Waals surface area contributed by atoms with Crippen LogP contribution in [-0.2, 0) is 4.79 Å². The van der Waals surface area contributed by atoms with E-state index in [0.717, 1.165) is 5.56 Å². The van der Waals surface area contributed by atoms with Crippen LogP contribution in [0.15, 0.2) is 18.2 Å². The molecule has 0 bridgehead atoms. The molecule has 0 atom stereocenters. The van der Waals surface area contributed by atoms with Gasteiger partial charge in [-0.2, -0.15) is 5.26 Å². The second kappa shape index (κ2) is 6.55. The Balaban J connectivity index is 2.83. The van der Waals surface area contributed by atoms with Gasteiger partial charge in [-0.15, -0.1) is 0 Å². The number of nitrogens with one attached hydrogen (secondary N) is 1. The molecule has 0 spiro atoms. The van der Waals surface area contributed by atoms with Gasteiger partial charge >= 0.3 is 0 Å². The Morgan fingerprint density at radius 1 is 1.56 bits per heavy atom. The molecule has 0 unspecified atom stereocenters. The molecule has 4 nitrogen and oxygen atoms in total. The topological polar surface area (TPSA) is 62.1 Å². The number of ether oxygens (including phenoxy) is 1. The number of nitriles is 1. The molecule has 0 saturated carbocycles. The zero-order chi connectivity index (χ0) is 13.5. The average Bonchev–Trinajstić information content (AvgIpc) is 2.28. The molecule has 6 heteroatoms. The van der Waals surface area contributed by atoms with E-state index >= 15 is 0 Å². The summed E-state index contributed by atoms with van der Waals surface area (Å²) in [4.78, 5) is 11.3. The van der Waals surface area contributed by atoms with E-state index in [0.29, 0.717) is 0 Å². The number of halogens is 2. The van der Waals surface area contributed by atoms with Gasteiger partial charge in [0.2, 0.25) is 5.91 Å². The molecule has 1 aromatic rings. The molecule has 1 rings (SSSR count). The first-order valence-corrected chi connectivity index (χ1v) is 5.21. The van der Waals surface area contributed by atoms with Crippen LogP contribution in [-0.4, -0.2) is 18.9 Å². The minimum Gasteiger partial charge on any atom is -0.485 e. The van der Waals surface area contributed by atoms with Crippen molar-refractivity contribution < 1.29 is 18.3 Å². The first-order valence-electron chi connectivity index (χ1n) is 5.21. The van der Waals surface area contributed by atoms with E-state index in [1.54, 1.807) is 25.1 Å². The fourth-order valence-corrected chi connectivity index (χ4v) is 1.29. The molecule has 0 saturated heterocycles. The van der Waals surface area contributed by atoms with Crippen molar-refractivity contribution in [3.8, 4) is 11.8 Å². The largest absolute Gasteiger partial charge is 0.485 e. The third kappa shape index (κ3) is 4.37. The number of amides is 1. The summed E-state index contributed by atoms with van der Waals surface area (Å²) in [6, 6.07) is 6.47. The predicted molar refractivity (Wildman–Crippen MR) is 61.5 cm³/mol. The first kappa shape index (κ1) is 13.9. The van der Waals surface area contributed by atoms with Gasteiger partial charge < -0.3 is 10.1 Å². The van der Waals surface area contributed by atoms with Crippen LogP contribution < -0.4 is 10.1 Å². The highest BCUT2D eigenvalue weighted by Crippen LogP contribution is 2.26. The van der Waals surface area contributed by atoms with Crippen LogP contribution in [0, 0.1) is 18.3 Å². The number of carbonyl (C=O) groups excluding carboxylic acids is 1. The fraction of sp³-hybridized carbons (Fsp3) is 0.333. The van der Waals surface area contributed by atoms with Crippen molar-refractivity contribution in [2.45, 2.75) is 19.8 Å². The summed E-state index contributed by atoms with van der Waals surface area (Å²) in [7, 11) is 0. The molecule has 0 fully saturated rings. The molecular formula is C12H12F2N2O2. The highest BCUT2D eigenvalue weighted by atomic mass is 19.3. The molecule has 1 amide bonds. The molecule has 0 aliphatic carbocycles. The van der Waals surface area contributed by atoms with E-state index in [-0.39, 0.29) is 17.9 Å². The molecule has 0 aromatic heterocycles. The van der Waals surface area contributed by atoms with Gasteiger partial charge in [0.1, 0.15) is 18.8 Å². The van der Waals surface area contributed by atoms with Gasteiger partial charge in [0.15, 0.2) is 0 Å². The van der Waals surface area contributed by atoms with Gasteiger partial charge in [0, 0.05) is 0 Å². The number of hydrogen-bond donors (Lipinski definition) is 1. The number of benzene rings is 1. The highest BCUT2D eigenvalue weighted by Gasteiger charge is 2.10. The molecule has 1 aromatic carbocycles. The summed E-state index contributed by atoms with van der Waals surface area (Å²) in [5.74, 6) is -0.350. The summed E-state index contributed by atoms with van der Waals surface area (Å²) in [5, 5.41) is 10.8. The Hall–Kier alpha value is -2.16. The van der Waals surface area contributed by atoms with Crippen LogP contribution in [0.25, 0.3) is 0 Å². The Morgan fingerprint density at radius 2 is 2.28 bits per heavy atom. The molecule has 0 heterocycles. The summed E-state index contributed by atoms with van der Waals surface area (Å²) < 4.78 is 29.0. The summed E-state index contributed by atoms with van der Waals surface area (Å²) in [6.45, 7) is 1.04. The Kier molecular flexibility index (Phi) is 5.06. The Morgan fingerprint density at radius 3 is 2.89 bits per heavy atom. The van der Waals surface area contributed by atoms with Crippen molar-refractivity contribution in [3.63, 3.8) is 0 Å². The van der Waals surface area contributed by atoms with Crippen molar-refractivity contribution in [2.24, 2.45) is 0 Å². The Bertz CT molecular complexity index is 470. The van der Waals surface area contributed by atoms with Crippen LogP contribution in [0.2, 0.25) is 0 Å². The zero-order valence-electron chi connectivity index (χ0n) is 9.74. The number of hydrogen-bond acceptors (Lipinski definition) is 3. The molecule has 0 aliphatic rings. The van der Waals surface area contributed by atoms with E-state index in [9.17, 15) is 13.6 Å². The minimum absolute atomic E-state index is 0.159. The Labute approximate surface area is 103 Å². The van der Waals surface area contributed by atoms with Crippen molar-refractivity contribution in [1.82, 2.24) is 0 Å². The summed E-state index contributed by atoms with van der Waals surface area (Å²) >= 11 is 0. The normalized spacial score (nSPS) is 9.94. The van der Waals surface area contributed by atoms with Crippen molar-refractivity contribution in [2.75, 3.05) is 11.9 Å². The third-order valence-electron chi connectivity index (χ3n) is 2.01. The maximum atomic E-state index is 12.1. The number of aryl methyl sites for hydroxylation is 1. The van der Waals surface area contributed by atoms with Crippen LogP contribution in [0.3, 0.4) is 0 Å². The van der Waals surface area contributed by atoms with Gasteiger partial charge in [0.25, 0.3) is 6.43 Å². The van der Waals surface area contributed by atoms with E-state index in [1.807, 2.05) is 0 Å². The minimum atomic E-state index is -2.59. The van der Waals surface area contributed by atoms with Gasteiger partial charge in [-0.1, -0.05) is 6.07 Å². The van der Waals surface area contributed by atoms with Crippen LogP contribution in [0.5, 0.6) is 5.75 Å².